The lowest BCUT2D eigenvalue weighted by Crippen LogP contribution is -2.49. The molecule has 0 N–H and O–H groups in total. The van der Waals surface area contributed by atoms with Crippen LogP contribution in [0.5, 0.6) is 0 Å². The molecule has 0 saturated carbocycles. The monoisotopic (exact) mass is 446 g/mol. The normalized spacial score (nSPS) is 18.6. The first kappa shape index (κ1) is 24.0. The molecule has 6 heteroatoms. The van der Waals surface area contributed by atoms with Crippen LogP contribution in [0.4, 0.5) is 4.79 Å². The van der Waals surface area contributed by atoms with E-state index in [-0.39, 0.29) is 6.09 Å². The van der Waals surface area contributed by atoms with Crippen LogP contribution >= 0.6 is 12.2 Å². The predicted molar refractivity (Wildman–Crippen MR) is 128 cm³/mol. The van der Waals surface area contributed by atoms with Crippen LogP contribution in [0.1, 0.15) is 64.0 Å². The highest BCUT2D eigenvalue weighted by Crippen LogP contribution is 2.26. The van der Waals surface area contributed by atoms with Crippen molar-refractivity contribution in [3.63, 3.8) is 0 Å². The molecule has 0 atom stereocenters. The lowest BCUT2D eigenvalue weighted by Gasteiger charge is -2.41. The summed E-state index contributed by atoms with van der Waals surface area (Å²) in [6, 6.07) is 9.04. The summed E-state index contributed by atoms with van der Waals surface area (Å²) >= 11 is 6.00. The Kier molecular flexibility index (Phi) is 8.34. The first-order valence-corrected chi connectivity index (χ1v) is 12.0. The fraction of sp³-hybridized carbons (Fsp3) is 0.680. The number of piperidine rings is 1. The second kappa shape index (κ2) is 10.8. The minimum Gasteiger partial charge on any atom is -0.444 e. The van der Waals surface area contributed by atoms with Gasteiger partial charge < -0.3 is 19.3 Å². The SMILES string of the molecule is Cc1cccc(CN(C(=S)CC2CCOCC2)C2CCN(C(=O)OC(C)(C)C)CC2)c1. The van der Waals surface area contributed by atoms with Gasteiger partial charge >= 0.3 is 6.09 Å². The second-order valence-electron chi connectivity index (χ2n) is 9.97. The molecule has 2 aliphatic heterocycles. The summed E-state index contributed by atoms with van der Waals surface area (Å²) in [6.07, 6.45) is 4.76. The zero-order valence-electron chi connectivity index (χ0n) is 19.6. The minimum absolute atomic E-state index is 0.207. The Morgan fingerprint density at radius 1 is 1.19 bits per heavy atom. The van der Waals surface area contributed by atoms with E-state index in [1.54, 1.807) is 0 Å². The van der Waals surface area contributed by atoms with Crippen LogP contribution in [-0.2, 0) is 16.0 Å². The van der Waals surface area contributed by atoms with E-state index in [0.717, 1.165) is 56.9 Å². The van der Waals surface area contributed by atoms with Crippen LogP contribution in [0.2, 0.25) is 0 Å². The van der Waals surface area contributed by atoms with E-state index in [4.69, 9.17) is 21.7 Å². The molecule has 172 valence electrons. The van der Waals surface area contributed by atoms with Crippen molar-refractivity contribution >= 4 is 23.3 Å². The number of ether oxygens (including phenoxy) is 2. The molecule has 0 spiro atoms. The van der Waals surface area contributed by atoms with Crippen molar-refractivity contribution in [2.75, 3.05) is 26.3 Å². The molecule has 0 aromatic heterocycles. The second-order valence-corrected chi connectivity index (χ2v) is 10.4. The fourth-order valence-electron chi connectivity index (χ4n) is 4.43. The maximum absolute atomic E-state index is 12.5. The van der Waals surface area contributed by atoms with Crippen molar-refractivity contribution in [1.29, 1.82) is 0 Å². The average molecular weight is 447 g/mol. The highest BCUT2D eigenvalue weighted by Gasteiger charge is 2.31. The van der Waals surface area contributed by atoms with Crippen molar-refractivity contribution < 1.29 is 14.3 Å². The van der Waals surface area contributed by atoms with Crippen LogP contribution in [-0.4, -0.2) is 58.8 Å². The predicted octanol–water partition coefficient (Wildman–Crippen LogP) is 5.34. The molecule has 2 aliphatic rings. The Hall–Kier alpha value is -1.66. The molecule has 5 nitrogen and oxygen atoms in total. The molecule has 31 heavy (non-hydrogen) atoms. The Morgan fingerprint density at radius 2 is 1.87 bits per heavy atom. The lowest BCUT2D eigenvalue weighted by atomic mass is 9.94. The zero-order valence-corrected chi connectivity index (χ0v) is 20.4. The van der Waals surface area contributed by atoms with Gasteiger partial charge in [0, 0.05) is 45.3 Å². The number of nitrogens with zero attached hydrogens (tertiary/aromatic N) is 2. The van der Waals surface area contributed by atoms with Gasteiger partial charge in [0.25, 0.3) is 0 Å². The van der Waals surface area contributed by atoms with Gasteiger partial charge in [0.05, 0.1) is 4.99 Å². The standard InChI is InChI=1S/C25H38N2O3S/c1-19-6-5-7-21(16-19)18-27(23(31)17-20-10-14-29-15-11-20)22-8-12-26(13-9-22)24(28)30-25(2,3)4/h5-7,16,20,22H,8-15,17-18H2,1-4H3. The van der Waals surface area contributed by atoms with Crippen molar-refractivity contribution in [3.05, 3.63) is 35.4 Å². The molecule has 1 amide bonds. The molecule has 2 fully saturated rings. The van der Waals surface area contributed by atoms with E-state index in [0.29, 0.717) is 25.0 Å². The van der Waals surface area contributed by atoms with Gasteiger partial charge in [0.15, 0.2) is 0 Å². The Labute approximate surface area is 193 Å². The van der Waals surface area contributed by atoms with Crippen molar-refractivity contribution in [1.82, 2.24) is 9.80 Å². The Balaban J connectivity index is 1.66. The summed E-state index contributed by atoms with van der Waals surface area (Å²) in [5.74, 6) is 0.614. The number of amides is 1. The number of carbonyl (C=O) groups excluding carboxylic acids is 1. The number of carbonyl (C=O) groups is 1. The Morgan fingerprint density at radius 3 is 2.48 bits per heavy atom. The number of likely N-dealkylation sites (tertiary alicyclic amines) is 1. The quantitative estimate of drug-likeness (QED) is 0.571. The molecule has 0 unspecified atom stereocenters. The number of hydrogen-bond acceptors (Lipinski definition) is 4. The number of hydrogen-bond donors (Lipinski definition) is 0. The zero-order chi connectivity index (χ0) is 22.4. The van der Waals surface area contributed by atoms with Gasteiger partial charge in [-0.3, -0.25) is 0 Å². The van der Waals surface area contributed by atoms with E-state index < -0.39 is 5.60 Å². The third-order valence-electron chi connectivity index (χ3n) is 6.12. The maximum Gasteiger partial charge on any atom is 0.410 e. The summed E-state index contributed by atoms with van der Waals surface area (Å²) in [4.78, 5) is 17.8. The molecule has 0 aliphatic carbocycles. The van der Waals surface area contributed by atoms with Crippen LogP contribution in [0.25, 0.3) is 0 Å². The third kappa shape index (κ3) is 7.46. The number of thiocarbonyl (C=S) groups is 1. The van der Waals surface area contributed by atoms with Gasteiger partial charge in [-0.15, -0.1) is 0 Å². The highest BCUT2D eigenvalue weighted by atomic mass is 32.1. The largest absolute Gasteiger partial charge is 0.444 e. The topological polar surface area (TPSA) is 42.0 Å². The Bertz CT molecular complexity index is 747. The van der Waals surface area contributed by atoms with Crippen molar-refractivity contribution in [3.8, 4) is 0 Å². The van der Waals surface area contributed by atoms with E-state index in [9.17, 15) is 4.79 Å². The summed E-state index contributed by atoms with van der Waals surface area (Å²) in [7, 11) is 0. The van der Waals surface area contributed by atoms with Crippen molar-refractivity contribution in [2.45, 2.75) is 78.0 Å². The number of aryl methyl sites for hydroxylation is 1. The average Bonchev–Trinajstić information content (AvgIpc) is 2.72. The highest BCUT2D eigenvalue weighted by molar-refractivity contribution is 7.80. The summed E-state index contributed by atoms with van der Waals surface area (Å²) in [5.41, 5.74) is 2.10. The van der Waals surface area contributed by atoms with Crippen LogP contribution < -0.4 is 0 Å². The van der Waals surface area contributed by atoms with Crippen LogP contribution in [0.3, 0.4) is 0 Å². The molecular formula is C25H38N2O3S. The van der Waals surface area contributed by atoms with Gasteiger partial charge in [-0.2, -0.15) is 0 Å². The van der Waals surface area contributed by atoms with Gasteiger partial charge in [-0.05, 0) is 64.9 Å². The van der Waals surface area contributed by atoms with Gasteiger partial charge in [0.1, 0.15) is 5.60 Å². The first-order chi connectivity index (χ1) is 14.7. The lowest BCUT2D eigenvalue weighted by molar-refractivity contribution is 0.0170. The summed E-state index contributed by atoms with van der Waals surface area (Å²) in [6.45, 7) is 11.8. The maximum atomic E-state index is 12.5. The van der Waals surface area contributed by atoms with E-state index in [1.807, 2.05) is 25.7 Å². The van der Waals surface area contributed by atoms with Crippen LogP contribution in [0, 0.1) is 12.8 Å². The summed E-state index contributed by atoms with van der Waals surface area (Å²) < 4.78 is 11.1. The molecule has 2 heterocycles. The van der Waals surface area contributed by atoms with Crippen LogP contribution in [0.15, 0.2) is 24.3 Å². The number of rotatable bonds is 5. The molecule has 1 aromatic rings. The third-order valence-corrected chi connectivity index (χ3v) is 6.52. The smallest absolute Gasteiger partial charge is 0.410 e. The first-order valence-electron chi connectivity index (χ1n) is 11.6. The molecule has 1 aromatic carbocycles. The molecule has 2 saturated heterocycles. The van der Waals surface area contributed by atoms with E-state index in [2.05, 4.69) is 36.1 Å². The molecule has 0 radical (unpaired) electrons. The summed E-state index contributed by atoms with van der Waals surface area (Å²) in [5, 5.41) is 0. The van der Waals surface area contributed by atoms with Gasteiger partial charge in [0.2, 0.25) is 0 Å². The van der Waals surface area contributed by atoms with Gasteiger partial charge in [-0.1, -0.05) is 42.0 Å². The molecule has 3 rings (SSSR count). The minimum atomic E-state index is -0.462. The fourth-order valence-corrected chi connectivity index (χ4v) is 4.88. The van der Waals surface area contributed by atoms with Gasteiger partial charge in [-0.25, -0.2) is 4.79 Å². The van der Waals surface area contributed by atoms with E-state index in [1.165, 1.54) is 11.1 Å². The van der Waals surface area contributed by atoms with Crippen molar-refractivity contribution in [2.24, 2.45) is 5.92 Å². The number of benzene rings is 1. The molecular weight excluding hydrogens is 408 g/mol. The molecule has 0 bridgehead atoms. The van der Waals surface area contributed by atoms with E-state index >= 15 is 0 Å².